The number of sulfonamides is 1. The Labute approximate surface area is 231 Å². The minimum absolute atomic E-state index is 0. The van der Waals surface area contributed by atoms with Crippen molar-refractivity contribution < 1.29 is 16.1 Å². The number of hydrogen-bond acceptors (Lipinski definition) is 7. The standard InChI is InChI=1S/C27H31ClN6O3S.2H2/c1-19-16-26(30-18-29-19)31-38(36,37)24-8-6-23(7-9-24)32-12-14-33(15-13-32)27(35)20(2)34-11-3-4-21-17-22(28)5-10-25(21)34;;/h5-10,16-18,20H,3-4,11-15H2,1-2H3,(H,29,30,31);2*1H/t20-;;/m0../s1. The lowest BCUT2D eigenvalue weighted by molar-refractivity contribution is -0.132. The van der Waals surface area contributed by atoms with Crippen molar-refractivity contribution in [1.29, 1.82) is 0 Å². The number of halogens is 1. The Bertz CT molecular complexity index is 1440. The number of aryl methyl sites for hydroxylation is 2. The number of hydrogen-bond donors (Lipinski definition) is 1. The quantitative estimate of drug-likeness (QED) is 0.483. The van der Waals surface area contributed by atoms with Crippen LogP contribution in [0.2, 0.25) is 5.02 Å². The largest absolute Gasteiger partial charge is 0.368 e. The van der Waals surface area contributed by atoms with Crippen molar-refractivity contribution in [2.45, 2.75) is 37.6 Å². The Kier molecular flexibility index (Phi) is 7.45. The summed E-state index contributed by atoms with van der Waals surface area (Å²) in [6.07, 6.45) is 3.30. The molecule has 3 aromatic rings. The molecule has 2 aliphatic rings. The smallest absolute Gasteiger partial charge is 0.263 e. The van der Waals surface area contributed by atoms with Crippen LogP contribution in [0.1, 0.15) is 27.5 Å². The molecule has 204 valence electrons. The van der Waals surface area contributed by atoms with E-state index in [1.807, 2.05) is 30.0 Å². The van der Waals surface area contributed by atoms with E-state index in [2.05, 4.69) is 24.5 Å². The van der Waals surface area contributed by atoms with Crippen molar-refractivity contribution in [2.75, 3.05) is 47.2 Å². The van der Waals surface area contributed by atoms with Crippen LogP contribution in [0.15, 0.2) is 59.8 Å². The Morgan fingerprint density at radius 1 is 1.03 bits per heavy atom. The molecule has 0 radical (unpaired) electrons. The van der Waals surface area contributed by atoms with Gasteiger partial charge in [-0.2, -0.15) is 0 Å². The summed E-state index contributed by atoms with van der Waals surface area (Å²) >= 11 is 6.19. The van der Waals surface area contributed by atoms with Crippen molar-refractivity contribution in [3.8, 4) is 0 Å². The zero-order chi connectivity index (χ0) is 26.9. The maximum absolute atomic E-state index is 13.4. The van der Waals surface area contributed by atoms with Gasteiger partial charge in [-0.05, 0) is 74.7 Å². The van der Waals surface area contributed by atoms with Gasteiger partial charge in [-0.1, -0.05) is 11.6 Å². The fourth-order valence-electron chi connectivity index (χ4n) is 5.12. The predicted octanol–water partition coefficient (Wildman–Crippen LogP) is 4.22. The molecule has 1 atom stereocenters. The van der Waals surface area contributed by atoms with E-state index in [-0.39, 0.29) is 25.5 Å². The SMILES string of the molecule is Cc1cc(NS(=O)(=O)c2ccc(N3CCN(C(=O)[C@H](C)N4CCCc5cc(Cl)ccc54)CC3)cc2)ncn1.[HH].[HH]. The van der Waals surface area contributed by atoms with Gasteiger partial charge in [0.25, 0.3) is 10.0 Å². The summed E-state index contributed by atoms with van der Waals surface area (Å²) in [5, 5.41) is 0.725. The summed E-state index contributed by atoms with van der Waals surface area (Å²) in [5.74, 6) is 0.355. The number of amides is 1. The van der Waals surface area contributed by atoms with E-state index in [4.69, 9.17) is 11.6 Å². The van der Waals surface area contributed by atoms with Crippen LogP contribution in [0.4, 0.5) is 17.2 Å². The minimum atomic E-state index is -3.77. The third-order valence-electron chi connectivity index (χ3n) is 7.17. The van der Waals surface area contributed by atoms with Gasteiger partial charge in [0.15, 0.2) is 0 Å². The van der Waals surface area contributed by atoms with E-state index in [1.54, 1.807) is 37.3 Å². The molecule has 3 heterocycles. The summed E-state index contributed by atoms with van der Waals surface area (Å²) in [5.41, 5.74) is 3.88. The number of anilines is 3. The number of fused-ring (bicyclic) bond motifs is 1. The molecule has 1 N–H and O–H groups in total. The van der Waals surface area contributed by atoms with Gasteiger partial charge in [0.1, 0.15) is 18.2 Å². The van der Waals surface area contributed by atoms with Crippen LogP contribution < -0.4 is 14.5 Å². The fraction of sp³-hybridized carbons (Fsp3) is 0.370. The molecular weight excluding hydrogens is 524 g/mol. The number of nitrogens with one attached hydrogen (secondary N) is 1. The van der Waals surface area contributed by atoms with E-state index in [0.29, 0.717) is 31.9 Å². The number of aromatic nitrogens is 2. The van der Waals surface area contributed by atoms with Gasteiger partial charge in [0.05, 0.1) is 4.90 Å². The van der Waals surface area contributed by atoms with Crippen LogP contribution in [0.25, 0.3) is 0 Å². The lowest BCUT2D eigenvalue weighted by Gasteiger charge is -2.41. The highest BCUT2D eigenvalue weighted by molar-refractivity contribution is 7.92. The molecule has 1 amide bonds. The topological polar surface area (TPSA) is 98.7 Å². The second-order valence-electron chi connectivity index (χ2n) is 9.70. The van der Waals surface area contributed by atoms with Crippen molar-refractivity contribution in [3.05, 3.63) is 71.1 Å². The third kappa shape index (κ3) is 5.56. The molecule has 1 aromatic heterocycles. The average molecular weight is 559 g/mol. The highest BCUT2D eigenvalue weighted by atomic mass is 35.5. The van der Waals surface area contributed by atoms with Gasteiger partial charge >= 0.3 is 0 Å². The molecule has 0 bridgehead atoms. The molecule has 2 aromatic carbocycles. The molecule has 38 heavy (non-hydrogen) atoms. The number of carbonyl (C=O) groups is 1. The fourth-order valence-corrected chi connectivity index (χ4v) is 6.32. The van der Waals surface area contributed by atoms with Crippen LogP contribution in [0.5, 0.6) is 0 Å². The van der Waals surface area contributed by atoms with Crippen molar-refractivity contribution in [2.24, 2.45) is 0 Å². The van der Waals surface area contributed by atoms with Crippen molar-refractivity contribution in [3.63, 3.8) is 0 Å². The molecule has 5 rings (SSSR count). The first-order valence-electron chi connectivity index (χ1n) is 12.7. The first kappa shape index (κ1) is 26.2. The summed E-state index contributed by atoms with van der Waals surface area (Å²) in [6.45, 7) is 7.17. The second kappa shape index (κ2) is 10.8. The first-order chi connectivity index (χ1) is 18.2. The summed E-state index contributed by atoms with van der Waals surface area (Å²) < 4.78 is 28.0. The number of rotatable bonds is 6. The zero-order valence-electron chi connectivity index (χ0n) is 21.5. The molecule has 11 heteroatoms. The van der Waals surface area contributed by atoms with E-state index in [0.717, 1.165) is 35.8 Å². The lowest BCUT2D eigenvalue weighted by Crippen LogP contribution is -2.55. The first-order valence-corrected chi connectivity index (χ1v) is 14.6. The monoisotopic (exact) mass is 558 g/mol. The average Bonchev–Trinajstić information content (AvgIpc) is 2.91. The predicted molar refractivity (Wildman–Crippen MR) is 154 cm³/mol. The minimum Gasteiger partial charge on any atom is -0.368 e. The van der Waals surface area contributed by atoms with Crippen LogP contribution in [0, 0.1) is 6.92 Å². The highest BCUT2D eigenvalue weighted by Crippen LogP contribution is 2.31. The van der Waals surface area contributed by atoms with E-state index in [9.17, 15) is 13.2 Å². The van der Waals surface area contributed by atoms with Crippen molar-refractivity contribution in [1.82, 2.24) is 14.9 Å². The molecule has 0 spiro atoms. The van der Waals surface area contributed by atoms with Gasteiger partial charge in [-0.15, -0.1) is 0 Å². The maximum atomic E-state index is 13.4. The molecule has 0 unspecified atom stereocenters. The molecule has 2 aliphatic heterocycles. The van der Waals surface area contributed by atoms with Crippen LogP contribution in [-0.4, -0.2) is 68.0 Å². The molecule has 0 aliphatic carbocycles. The highest BCUT2D eigenvalue weighted by Gasteiger charge is 2.31. The van der Waals surface area contributed by atoms with Crippen molar-refractivity contribution >= 4 is 44.7 Å². The molecule has 9 nitrogen and oxygen atoms in total. The summed E-state index contributed by atoms with van der Waals surface area (Å²) in [4.78, 5) is 27.8. The Morgan fingerprint density at radius 3 is 2.47 bits per heavy atom. The Balaban J connectivity index is 0.00000220. The van der Waals surface area contributed by atoms with Crippen LogP contribution in [0.3, 0.4) is 0 Å². The summed E-state index contributed by atoms with van der Waals surface area (Å²) in [7, 11) is -3.77. The number of carbonyl (C=O) groups excluding carboxylic acids is 1. The maximum Gasteiger partial charge on any atom is 0.263 e. The van der Waals surface area contributed by atoms with Gasteiger partial charge in [-0.3, -0.25) is 9.52 Å². The summed E-state index contributed by atoms with van der Waals surface area (Å²) in [6, 6.07) is 14.0. The molecular formula is C27H35ClN6O3S. The Hall–Kier alpha value is -3.37. The van der Waals surface area contributed by atoms with Crippen LogP contribution in [-0.2, 0) is 21.2 Å². The van der Waals surface area contributed by atoms with Crippen LogP contribution >= 0.6 is 11.6 Å². The lowest BCUT2D eigenvalue weighted by atomic mass is 10.00. The normalized spacial score (nSPS) is 16.7. The van der Waals surface area contributed by atoms with E-state index >= 15 is 0 Å². The molecule has 1 saturated heterocycles. The van der Waals surface area contributed by atoms with E-state index < -0.39 is 10.0 Å². The molecule has 0 saturated carbocycles. The zero-order valence-corrected chi connectivity index (χ0v) is 23.0. The second-order valence-corrected chi connectivity index (χ2v) is 11.8. The van der Waals surface area contributed by atoms with Gasteiger partial charge in [-0.25, -0.2) is 18.4 Å². The van der Waals surface area contributed by atoms with E-state index in [1.165, 1.54) is 11.9 Å². The number of nitrogens with zero attached hydrogens (tertiary/aromatic N) is 5. The Morgan fingerprint density at radius 2 is 1.76 bits per heavy atom. The van der Waals surface area contributed by atoms with Gasteiger partial charge in [0.2, 0.25) is 5.91 Å². The van der Waals surface area contributed by atoms with Gasteiger partial charge in [0, 0.05) is 63.7 Å². The number of piperazine rings is 1. The van der Waals surface area contributed by atoms with Gasteiger partial charge < -0.3 is 14.7 Å². The number of benzene rings is 2. The molecule has 1 fully saturated rings. The third-order valence-corrected chi connectivity index (χ3v) is 8.77.